The lowest BCUT2D eigenvalue weighted by atomic mass is 10.2. The summed E-state index contributed by atoms with van der Waals surface area (Å²) in [6.45, 7) is 1.97. The largest absolute Gasteiger partial charge is 0.496 e. The van der Waals surface area contributed by atoms with Crippen molar-refractivity contribution in [2.75, 3.05) is 7.11 Å². The average Bonchev–Trinajstić information content (AvgIpc) is 2.26. The zero-order chi connectivity index (χ0) is 8.97. The van der Waals surface area contributed by atoms with Gasteiger partial charge < -0.3 is 4.74 Å². The molecule has 0 unspecified atom stereocenters. The molecule has 64 valence electrons. The molecule has 0 aromatic rings. The highest BCUT2D eigenvalue weighted by Gasteiger charge is 2.05. The number of methoxy groups -OCH3 is 1. The van der Waals surface area contributed by atoms with Crippen molar-refractivity contribution in [1.82, 2.24) is 0 Å². The van der Waals surface area contributed by atoms with E-state index in [4.69, 9.17) is 4.74 Å². The zero-order valence-electron chi connectivity index (χ0n) is 7.33. The summed E-state index contributed by atoms with van der Waals surface area (Å²) in [4.78, 5) is 10.6. The van der Waals surface area contributed by atoms with E-state index in [9.17, 15) is 4.79 Å². The Balaban J connectivity index is 2.99. The highest BCUT2D eigenvalue weighted by Crippen LogP contribution is 2.16. The SMILES string of the molecule is COC1=CCC=C(C)C=C1C=O. The molecule has 0 spiro atoms. The molecule has 12 heavy (non-hydrogen) atoms. The number of carbonyl (C=O) groups excluding carboxylic acids is 1. The first kappa shape index (κ1) is 8.78. The maximum Gasteiger partial charge on any atom is 0.153 e. The van der Waals surface area contributed by atoms with Gasteiger partial charge in [-0.05, 0) is 25.5 Å². The van der Waals surface area contributed by atoms with Gasteiger partial charge in [-0.15, -0.1) is 0 Å². The van der Waals surface area contributed by atoms with Crippen LogP contribution in [0.15, 0.2) is 35.1 Å². The predicted octanol–water partition coefficient (Wildman–Crippen LogP) is 1.99. The van der Waals surface area contributed by atoms with Crippen LogP contribution >= 0.6 is 0 Å². The van der Waals surface area contributed by atoms with Crippen LogP contribution in [0.3, 0.4) is 0 Å². The highest BCUT2D eigenvalue weighted by molar-refractivity contribution is 5.80. The molecule has 0 radical (unpaired) electrons. The lowest BCUT2D eigenvalue weighted by Gasteiger charge is -2.02. The van der Waals surface area contributed by atoms with E-state index in [0.29, 0.717) is 11.3 Å². The minimum absolute atomic E-state index is 0.615. The second-order valence-electron chi connectivity index (χ2n) is 2.67. The van der Waals surface area contributed by atoms with Crippen molar-refractivity contribution in [3.63, 3.8) is 0 Å². The zero-order valence-corrected chi connectivity index (χ0v) is 7.33. The summed E-state index contributed by atoms with van der Waals surface area (Å²) < 4.78 is 5.05. The van der Waals surface area contributed by atoms with Gasteiger partial charge in [0.05, 0.1) is 12.7 Å². The average molecular weight is 164 g/mol. The van der Waals surface area contributed by atoms with Gasteiger partial charge in [0.2, 0.25) is 0 Å². The lowest BCUT2D eigenvalue weighted by molar-refractivity contribution is -0.104. The second kappa shape index (κ2) is 3.90. The van der Waals surface area contributed by atoms with E-state index in [2.05, 4.69) is 6.08 Å². The Morgan fingerprint density at radius 1 is 1.50 bits per heavy atom. The summed E-state index contributed by atoms with van der Waals surface area (Å²) in [6.07, 6.45) is 7.42. The highest BCUT2D eigenvalue weighted by atomic mass is 16.5. The molecule has 0 fully saturated rings. The van der Waals surface area contributed by atoms with Crippen molar-refractivity contribution in [3.8, 4) is 0 Å². The van der Waals surface area contributed by atoms with Crippen LogP contribution < -0.4 is 0 Å². The molecule has 0 heterocycles. The Bertz CT molecular complexity index is 270. The first-order chi connectivity index (χ1) is 5.77. The van der Waals surface area contributed by atoms with E-state index in [0.717, 1.165) is 18.3 Å². The maximum atomic E-state index is 10.6. The quantitative estimate of drug-likeness (QED) is 0.583. The molecule has 1 aliphatic rings. The van der Waals surface area contributed by atoms with Gasteiger partial charge in [0, 0.05) is 0 Å². The van der Waals surface area contributed by atoms with Crippen LogP contribution in [0.5, 0.6) is 0 Å². The normalized spacial score (nSPS) is 17.0. The molecular formula is C10H12O2. The predicted molar refractivity (Wildman–Crippen MR) is 47.6 cm³/mol. The fourth-order valence-corrected chi connectivity index (χ4v) is 1.14. The molecular weight excluding hydrogens is 152 g/mol. The van der Waals surface area contributed by atoms with E-state index in [1.807, 2.05) is 19.1 Å². The van der Waals surface area contributed by atoms with E-state index < -0.39 is 0 Å². The second-order valence-corrected chi connectivity index (χ2v) is 2.67. The van der Waals surface area contributed by atoms with Crippen molar-refractivity contribution in [3.05, 3.63) is 35.1 Å². The van der Waals surface area contributed by atoms with Crippen LogP contribution in [0.4, 0.5) is 0 Å². The van der Waals surface area contributed by atoms with Gasteiger partial charge in [0.1, 0.15) is 5.76 Å². The molecule has 1 rings (SSSR count). The Kier molecular flexibility index (Phi) is 2.86. The Hall–Kier alpha value is -1.31. The molecule has 0 bridgehead atoms. The molecule has 0 N–H and O–H groups in total. The van der Waals surface area contributed by atoms with Crippen LogP contribution in [-0.2, 0) is 9.53 Å². The van der Waals surface area contributed by atoms with E-state index in [1.54, 1.807) is 7.11 Å². The summed E-state index contributed by atoms with van der Waals surface area (Å²) in [5.74, 6) is 0.665. The molecule has 0 saturated carbocycles. The fraction of sp³-hybridized carbons (Fsp3) is 0.300. The van der Waals surface area contributed by atoms with Crippen LogP contribution in [-0.4, -0.2) is 13.4 Å². The van der Waals surface area contributed by atoms with Gasteiger partial charge in [0.25, 0.3) is 0 Å². The van der Waals surface area contributed by atoms with Crippen molar-refractivity contribution in [2.45, 2.75) is 13.3 Å². The maximum absolute atomic E-state index is 10.6. The molecule has 0 amide bonds. The smallest absolute Gasteiger partial charge is 0.153 e. The van der Waals surface area contributed by atoms with Gasteiger partial charge >= 0.3 is 0 Å². The van der Waals surface area contributed by atoms with Gasteiger partial charge in [-0.25, -0.2) is 0 Å². The Morgan fingerprint density at radius 3 is 2.83 bits per heavy atom. The third kappa shape index (κ3) is 1.84. The minimum Gasteiger partial charge on any atom is -0.496 e. The number of hydrogen-bond acceptors (Lipinski definition) is 2. The van der Waals surface area contributed by atoms with Gasteiger partial charge in [-0.1, -0.05) is 11.6 Å². The molecule has 0 saturated heterocycles. The first-order valence-electron chi connectivity index (χ1n) is 3.86. The molecule has 2 nitrogen and oxygen atoms in total. The van der Waals surface area contributed by atoms with E-state index in [-0.39, 0.29) is 0 Å². The summed E-state index contributed by atoms with van der Waals surface area (Å²) >= 11 is 0. The van der Waals surface area contributed by atoms with Crippen molar-refractivity contribution >= 4 is 6.29 Å². The molecule has 0 aromatic heterocycles. The van der Waals surface area contributed by atoms with Crippen molar-refractivity contribution < 1.29 is 9.53 Å². The minimum atomic E-state index is 0.615. The van der Waals surface area contributed by atoms with Gasteiger partial charge in [-0.2, -0.15) is 0 Å². The molecule has 1 aliphatic carbocycles. The number of aldehydes is 1. The lowest BCUT2D eigenvalue weighted by Crippen LogP contribution is -1.93. The number of rotatable bonds is 2. The van der Waals surface area contributed by atoms with E-state index >= 15 is 0 Å². The number of hydrogen-bond donors (Lipinski definition) is 0. The summed E-state index contributed by atoms with van der Waals surface area (Å²) in [6, 6.07) is 0. The van der Waals surface area contributed by atoms with E-state index in [1.165, 1.54) is 0 Å². The standard InChI is InChI=1S/C10H12O2/c1-8-4-3-5-10(12-2)9(6-8)7-11/h4-7H,3H2,1-2H3. The molecule has 2 heteroatoms. The van der Waals surface area contributed by atoms with Gasteiger partial charge in [-0.3, -0.25) is 4.79 Å². The summed E-state index contributed by atoms with van der Waals surface area (Å²) in [7, 11) is 1.57. The van der Waals surface area contributed by atoms with Gasteiger partial charge in [0.15, 0.2) is 6.29 Å². The monoisotopic (exact) mass is 164 g/mol. The van der Waals surface area contributed by atoms with Crippen LogP contribution in [0.25, 0.3) is 0 Å². The molecule has 0 atom stereocenters. The van der Waals surface area contributed by atoms with Crippen LogP contribution in [0.1, 0.15) is 13.3 Å². The number of allylic oxidation sites excluding steroid dienone is 5. The number of carbonyl (C=O) groups is 1. The van der Waals surface area contributed by atoms with Crippen molar-refractivity contribution in [2.24, 2.45) is 0 Å². The Labute approximate surface area is 72.2 Å². The van der Waals surface area contributed by atoms with Crippen LogP contribution in [0, 0.1) is 0 Å². The summed E-state index contributed by atoms with van der Waals surface area (Å²) in [5, 5.41) is 0. The fourth-order valence-electron chi connectivity index (χ4n) is 1.14. The third-order valence-corrected chi connectivity index (χ3v) is 1.76. The molecule has 0 aliphatic heterocycles. The molecule has 0 aromatic carbocycles. The topological polar surface area (TPSA) is 26.3 Å². The number of ether oxygens (including phenoxy) is 1. The Morgan fingerprint density at radius 2 is 2.25 bits per heavy atom. The van der Waals surface area contributed by atoms with Crippen molar-refractivity contribution in [1.29, 1.82) is 0 Å². The van der Waals surface area contributed by atoms with Crippen LogP contribution in [0.2, 0.25) is 0 Å². The summed E-state index contributed by atoms with van der Waals surface area (Å²) in [5.41, 5.74) is 1.71. The third-order valence-electron chi connectivity index (χ3n) is 1.76. The first-order valence-corrected chi connectivity index (χ1v) is 3.86.